The third-order valence-electron chi connectivity index (χ3n) is 3.48. The standard InChI is InChI=1S/C18H18N2O3S2/c1-2-23-16(21)8-5-11-19-17(22)14-9-10-15(24-14)18-20-12-6-3-4-7-13(12)25-18/h3-4,6-7,9-10H,2,5,8,11H2,1H3,(H,19,22). The number of nitrogens with one attached hydrogen (secondary N) is 1. The van der Waals surface area contributed by atoms with E-state index in [9.17, 15) is 9.59 Å². The Kier molecular flexibility index (Phi) is 5.78. The number of thiophene rings is 1. The second-order valence-corrected chi connectivity index (χ2v) is 7.43. The lowest BCUT2D eigenvalue weighted by atomic mass is 10.3. The van der Waals surface area contributed by atoms with Crippen LogP contribution in [0.1, 0.15) is 29.4 Å². The highest BCUT2D eigenvalue weighted by atomic mass is 32.1. The monoisotopic (exact) mass is 374 g/mol. The highest BCUT2D eigenvalue weighted by molar-refractivity contribution is 7.26. The molecule has 0 saturated heterocycles. The molecule has 0 saturated carbocycles. The van der Waals surface area contributed by atoms with Crippen molar-refractivity contribution in [2.24, 2.45) is 0 Å². The van der Waals surface area contributed by atoms with Crippen LogP contribution in [0.25, 0.3) is 20.1 Å². The average molecular weight is 374 g/mol. The molecule has 0 fully saturated rings. The molecule has 1 N–H and O–H groups in total. The summed E-state index contributed by atoms with van der Waals surface area (Å²) < 4.78 is 5.99. The fourth-order valence-electron chi connectivity index (χ4n) is 2.31. The van der Waals surface area contributed by atoms with Crippen molar-refractivity contribution in [2.75, 3.05) is 13.2 Å². The smallest absolute Gasteiger partial charge is 0.305 e. The van der Waals surface area contributed by atoms with Gasteiger partial charge in [0.25, 0.3) is 5.91 Å². The van der Waals surface area contributed by atoms with Crippen molar-refractivity contribution in [3.05, 3.63) is 41.3 Å². The Balaban J connectivity index is 1.57. The topological polar surface area (TPSA) is 68.3 Å². The summed E-state index contributed by atoms with van der Waals surface area (Å²) in [6, 6.07) is 11.7. The van der Waals surface area contributed by atoms with Gasteiger partial charge in [-0.3, -0.25) is 9.59 Å². The summed E-state index contributed by atoms with van der Waals surface area (Å²) in [5.41, 5.74) is 0.973. The summed E-state index contributed by atoms with van der Waals surface area (Å²) in [6.45, 7) is 2.61. The van der Waals surface area contributed by atoms with E-state index in [-0.39, 0.29) is 11.9 Å². The normalized spacial score (nSPS) is 10.8. The van der Waals surface area contributed by atoms with E-state index >= 15 is 0 Å². The maximum atomic E-state index is 12.2. The Morgan fingerprint density at radius 3 is 2.80 bits per heavy atom. The first kappa shape index (κ1) is 17.6. The SMILES string of the molecule is CCOC(=O)CCCNC(=O)c1ccc(-c2nc3ccccc3s2)s1. The number of carbonyl (C=O) groups is 2. The molecule has 0 radical (unpaired) electrons. The molecule has 0 aliphatic rings. The van der Waals surface area contributed by atoms with Crippen molar-refractivity contribution >= 4 is 44.8 Å². The van der Waals surface area contributed by atoms with Gasteiger partial charge in [0, 0.05) is 13.0 Å². The van der Waals surface area contributed by atoms with Crippen LogP contribution in [0.4, 0.5) is 0 Å². The minimum absolute atomic E-state index is 0.124. The number of benzene rings is 1. The molecule has 3 aromatic rings. The van der Waals surface area contributed by atoms with Gasteiger partial charge in [-0.05, 0) is 37.6 Å². The van der Waals surface area contributed by atoms with E-state index in [0.29, 0.717) is 30.9 Å². The lowest BCUT2D eigenvalue weighted by Gasteiger charge is -2.03. The zero-order valence-corrected chi connectivity index (χ0v) is 15.4. The molecule has 1 amide bonds. The number of rotatable bonds is 7. The van der Waals surface area contributed by atoms with Gasteiger partial charge in [-0.25, -0.2) is 4.98 Å². The molecule has 7 heteroatoms. The van der Waals surface area contributed by atoms with Gasteiger partial charge >= 0.3 is 5.97 Å². The molecule has 130 valence electrons. The second kappa shape index (κ2) is 8.22. The van der Waals surface area contributed by atoms with E-state index in [2.05, 4.69) is 10.3 Å². The molecule has 0 unspecified atom stereocenters. The number of para-hydroxylation sites is 1. The summed E-state index contributed by atoms with van der Waals surface area (Å²) >= 11 is 3.05. The number of nitrogens with zero attached hydrogens (tertiary/aromatic N) is 1. The van der Waals surface area contributed by atoms with Crippen LogP contribution < -0.4 is 5.32 Å². The van der Waals surface area contributed by atoms with Gasteiger partial charge in [0.2, 0.25) is 0 Å². The number of aromatic nitrogens is 1. The Bertz CT molecular complexity index is 852. The van der Waals surface area contributed by atoms with Gasteiger partial charge in [-0.1, -0.05) is 12.1 Å². The Hall–Kier alpha value is -2.25. The number of carbonyl (C=O) groups excluding carboxylic acids is 2. The first-order valence-electron chi connectivity index (χ1n) is 8.07. The summed E-state index contributed by atoms with van der Waals surface area (Å²) in [6.07, 6.45) is 0.885. The number of hydrogen-bond acceptors (Lipinski definition) is 6. The maximum absolute atomic E-state index is 12.2. The van der Waals surface area contributed by atoms with Gasteiger partial charge in [0.1, 0.15) is 5.01 Å². The number of esters is 1. The number of fused-ring (bicyclic) bond motifs is 1. The fourth-order valence-corrected chi connectivity index (χ4v) is 4.25. The number of ether oxygens (including phenoxy) is 1. The van der Waals surface area contributed by atoms with E-state index in [0.717, 1.165) is 20.1 Å². The van der Waals surface area contributed by atoms with Crippen LogP contribution in [0.15, 0.2) is 36.4 Å². The van der Waals surface area contributed by atoms with Crippen molar-refractivity contribution in [1.29, 1.82) is 0 Å². The van der Waals surface area contributed by atoms with Crippen LogP contribution in [0.2, 0.25) is 0 Å². The molecule has 25 heavy (non-hydrogen) atoms. The third-order valence-corrected chi connectivity index (χ3v) is 5.77. The molecule has 0 aliphatic heterocycles. The predicted octanol–water partition coefficient (Wildman–Crippen LogP) is 4.10. The molecule has 0 aliphatic carbocycles. The zero-order chi connectivity index (χ0) is 17.6. The molecule has 5 nitrogen and oxygen atoms in total. The minimum Gasteiger partial charge on any atom is -0.466 e. The number of hydrogen-bond donors (Lipinski definition) is 1. The van der Waals surface area contributed by atoms with Crippen molar-refractivity contribution < 1.29 is 14.3 Å². The number of amides is 1. The molecular formula is C18H18N2O3S2. The summed E-state index contributed by atoms with van der Waals surface area (Å²) in [5, 5.41) is 3.76. The first-order valence-corrected chi connectivity index (χ1v) is 9.70. The lowest BCUT2D eigenvalue weighted by molar-refractivity contribution is -0.143. The highest BCUT2D eigenvalue weighted by Crippen LogP contribution is 2.34. The molecule has 0 atom stereocenters. The van der Waals surface area contributed by atoms with Crippen molar-refractivity contribution in [2.45, 2.75) is 19.8 Å². The lowest BCUT2D eigenvalue weighted by Crippen LogP contribution is -2.24. The summed E-state index contributed by atoms with van der Waals surface area (Å²) in [5.74, 6) is -0.354. The van der Waals surface area contributed by atoms with Crippen LogP contribution in [-0.4, -0.2) is 30.0 Å². The third kappa shape index (κ3) is 4.43. The Morgan fingerprint density at radius 2 is 2.00 bits per heavy atom. The average Bonchev–Trinajstić information content (AvgIpc) is 3.25. The van der Waals surface area contributed by atoms with Crippen molar-refractivity contribution in [3.63, 3.8) is 0 Å². The van der Waals surface area contributed by atoms with E-state index in [1.807, 2.05) is 36.4 Å². The van der Waals surface area contributed by atoms with Crippen LogP contribution in [0, 0.1) is 0 Å². The van der Waals surface area contributed by atoms with E-state index in [4.69, 9.17) is 4.74 Å². The largest absolute Gasteiger partial charge is 0.466 e. The molecule has 0 bridgehead atoms. The zero-order valence-electron chi connectivity index (χ0n) is 13.8. The first-order chi connectivity index (χ1) is 12.2. The fraction of sp³-hybridized carbons (Fsp3) is 0.278. The van der Waals surface area contributed by atoms with Gasteiger partial charge in [-0.15, -0.1) is 22.7 Å². The summed E-state index contributed by atoms with van der Waals surface area (Å²) in [4.78, 5) is 29.7. The predicted molar refractivity (Wildman–Crippen MR) is 101 cm³/mol. The Labute approximate surface area is 153 Å². The minimum atomic E-state index is -0.231. The van der Waals surface area contributed by atoms with E-state index < -0.39 is 0 Å². The highest BCUT2D eigenvalue weighted by Gasteiger charge is 2.13. The molecule has 2 heterocycles. The van der Waals surface area contributed by atoms with Crippen molar-refractivity contribution in [1.82, 2.24) is 10.3 Å². The van der Waals surface area contributed by atoms with Crippen LogP contribution in [0.5, 0.6) is 0 Å². The molecule has 2 aromatic heterocycles. The van der Waals surface area contributed by atoms with Gasteiger partial charge in [0.15, 0.2) is 0 Å². The van der Waals surface area contributed by atoms with Crippen LogP contribution in [0.3, 0.4) is 0 Å². The van der Waals surface area contributed by atoms with Crippen molar-refractivity contribution in [3.8, 4) is 9.88 Å². The molecular weight excluding hydrogens is 356 g/mol. The van der Waals surface area contributed by atoms with Crippen LogP contribution >= 0.6 is 22.7 Å². The second-order valence-electron chi connectivity index (χ2n) is 5.32. The molecule has 0 spiro atoms. The summed E-state index contributed by atoms with van der Waals surface area (Å²) in [7, 11) is 0. The Morgan fingerprint density at radius 1 is 1.16 bits per heavy atom. The van der Waals surface area contributed by atoms with E-state index in [1.54, 1.807) is 18.3 Å². The van der Waals surface area contributed by atoms with E-state index in [1.165, 1.54) is 11.3 Å². The van der Waals surface area contributed by atoms with Crippen LogP contribution in [-0.2, 0) is 9.53 Å². The maximum Gasteiger partial charge on any atom is 0.305 e. The quantitative estimate of drug-likeness (QED) is 0.499. The van der Waals surface area contributed by atoms with Gasteiger partial charge < -0.3 is 10.1 Å². The van der Waals surface area contributed by atoms with Gasteiger partial charge in [0.05, 0.1) is 26.6 Å². The molecule has 1 aromatic carbocycles. The van der Waals surface area contributed by atoms with Gasteiger partial charge in [-0.2, -0.15) is 0 Å². The molecule has 3 rings (SSSR count). The number of thiazole rings is 1.